The van der Waals surface area contributed by atoms with Crippen LogP contribution in [0.3, 0.4) is 0 Å². The van der Waals surface area contributed by atoms with Crippen molar-refractivity contribution in [3.8, 4) is 11.8 Å². The monoisotopic (exact) mass is 163 g/mol. The largest absolute Gasteiger partial charge is 0.286 e. The molecule has 1 heterocycles. The summed E-state index contributed by atoms with van der Waals surface area (Å²) < 4.78 is 0. The van der Waals surface area contributed by atoms with Gasteiger partial charge in [-0.05, 0) is 32.9 Å². The van der Waals surface area contributed by atoms with Crippen LogP contribution >= 0.6 is 0 Å². The number of hydrogen-bond donors (Lipinski definition) is 0. The molecule has 0 aromatic rings. The van der Waals surface area contributed by atoms with Crippen LogP contribution in [-0.2, 0) is 4.79 Å². The van der Waals surface area contributed by atoms with Crippen molar-refractivity contribution in [2.45, 2.75) is 25.8 Å². The van der Waals surface area contributed by atoms with Crippen LogP contribution in [0.5, 0.6) is 0 Å². The topological polar surface area (TPSA) is 20.3 Å². The molecule has 1 unspecified atom stereocenters. The van der Waals surface area contributed by atoms with Crippen LogP contribution in [0.15, 0.2) is 6.08 Å². The number of carbonyl (C=O) groups excluding carboxylic acids is 1. The van der Waals surface area contributed by atoms with Gasteiger partial charge in [0.15, 0.2) is 0 Å². The van der Waals surface area contributed by atoms with Crippen molar-refractivity contribution in [1.82, 2.24) is 4.90 Å². The molecule has 2 nitrogen and oxygen atoms in total. The van der Waals surface area contributed by atoms with Gasteiger partial charge in [-0.3, -0.25) is 4.90 Å². The summed E-state index contributed by atoms with van der Waals surface area (Å²) in [5.41, 5.74) is 0. The molecule has 0 aromatic carbocycles. The Hall–Kier alpha value is -1.03. The fourth-order valence-electron chi connectivity index (χ4n) is 1.47. The van der Waals surface area contributed by atoms with Crippen LogP contribution < -0.4 is 0 Å². The van der Waals surface area contributed by atoms with E-state index in [9.17, 15) is 4.79 Å². The molecule has 1 rings (SSSR count). The van der Waals surface area contributed by atoms with E-state index in [0.29, 0.717) is 0 Å². The van der Waals surface area contributed by atoms with E-state index in [4.69, 9.17) is 0 Å². The highest BCUT2D eigenvalue weighted by atomic mass is 16.1. The molecule has 1 aliphatic rings. The molecule has 0 aliphatic carbocycles. The normalized spacial score (nSPS) is 19.1. The summed E-state index contributed by atoms with van der Waals surface area (Å²) in [4.78, 5) is 12.4. The summed E-state index contributed by atoms with van der Waals surface area (Å²) >= 11 is 0. The number of hydrogen-bond acceptors (Lipinski definition) is 2. The fraction of sp³-hybridized carbons (Fsp3) is 0.600. The second-order valence-corrected chi connectivity index (χ2v) is 2.87. The Balaban J connectivity index is 2.61. The smallest absolute Gasteiger partial charge is 0.122 e. The lowest BCUT2D eigenvalue weighted by Crippen LogP contribution is -2.29. The van der Waals surface area contributed by atoms with Gasteiger partial charge in [0.1, 0.15) is 12.0 Å². The van der Waals surface area contributed by atoms with Gasteiger partial charge in [-0.15, -0.1) is 5.92 Å². The summed E-state index contributed by atoms with van der Waals surface area (Å²) in [6.07, 6.45) is 3.94. The molecule has 64 valence electrons. The number of nitrogens with zero attached hydrogens (tertiary/aromatic N) is 1. The summed E-state index contributed by atoms with van der Waals surface area (Å²) in [5.74, 6) is 7.62. The molecule has 2 heteroatoms. The molecule has 0 N–H and O–H groups in total. The number of likely N-dealkylation sites (tertiary alicyclic amines) is 1. The molecule has 0 amide bonds. The van der Waals surface area contributed by atoms with E-state index in [1.54, 1.807) is 6.92 Å². The minimum absolute atomic E-state index is 0.00463. The molecule has 0 saturated carbocycles. The van der Waals surface area contributed by atoms with Gasteiger partial charge in [0.2, 0.25) is 0 Å². The van der Waals surface area contributed by atoms with Crippen molar-refractivity contribution in [2.24, 2.45) is 0 Å². The zero-order chi connectivity index (χ0) is 8.81. The Morgan fingerprint density at radius 1 is 1.42 bits per heavy atom. The Morgan fingerprint density at radius 3 is 2.58 bits per heavy atom. The van der Waals surface area contributed by atoms with Crippen molar-refractivity contribution in [3.05, 3.63) is 6.08 Å². The second kappa shape index (κ2) is 4.77. The maximum Gasteiger partial charge on any atom is 0.122 e. The van der Waals surface area contributed by atoms with Crippen molar-refractivity contribution in [1.29, 1.82) is 0 Å². The third kappa shape index (κ3) is 2.23. The fourth-order valence-corrected chi connectivity index (χ4v) is 1.47. The first-order valence-corrected chi connectivity index (χ1v) is 4.26. The predicted molar refractivity (Wildman–Crippen MR) is 48.3 cm³/mol. The van der Waals surface area contributed by atoms with Crippen LogP contribution in [-0.4, -0.2) is 30.0 Å². The lowest BCUT2D eigenvalue weighted by Gasteiger charge is -2.17. The van der Waals surface area contributed by atoms with Gasteiger partial charge in [-0.1, -0.05) is 5.92 Å². The molecule has 1 saturated heterocycles. The van der Waals surface area contributed by atoms with E-state index in [1.165, 1.54) is 18.9 Å². The van der Waals surface area contributed by atoms with Crippen LogP contribution in [0.25, 0.3) is 0 Å². The van der Waals surface area contributed by atoms with E-state index in [0.717, 1.165) is 13.1 Å². The first-order chi connectivity index (χ1) is 5.88. The third-order valence-corrected chi connectivity index (χ3v) is 2.05. The second-order valence-electron chi connectivity index (χ2n) is 2.87. The highest BCUT2D eigenvalue weighted by molar-refractivity contribution is 5.48. The Labute approximate surface area is 73.2 Å². The van der Waals surface area contributed by atoms with Crippen LogP contribution in [0.4, 0.5) is 0 Å². The van der Waals surface area contributed by atoms with Crippen LogP contribution in [0.2, 0.25) is 0 Å². The summed E-state index contributed by atoms with van der Waals surface area (Å²) in [6.45, 7) is 3.90. The Kier molecular flexibility index (Phi) is 3.60. The quantitative estimate of drug-likeness (QED) is 0.444. The molecule has 0 radical (unpaired) electrons. The average Bonchev–Trinajstić information content (AvgIpc) is 2.56. The van der Waals surface area contributed by atoms with Crippen molar-refractivity contribution >= 4 is 5.94 Å². The highest BCUT2D eigenvalue weighted by Gasteiger charge is 2.17. The summed E-state index contributed by atoms with van der Waals surface area (Å²) in [6, 6.07) is -0.00463. The molecule has 1 atom stereocenters. The van der Waals surface area contributed by atoms with E-state index >= 15 is 0 Å². The predicted octanol–water partition coefficient (Wildman–Crippen LogP) is 0.862. The molecular weight excluding hydrogens is 150 g/mol. The molecule has 0 aromatic heterocycles. The number of rotatable bonds is 2. The van der Waals surface area contributed by atoms with E-state index in [-0.39, 0.29) is 6.04 Å². The van der Waals surface area contributed by atoms with Gasteiger partial charge in [-0.25, -0.2) is 4.79 Å². The lowest BCUT2D eigenvalue weighted by molar-refractivity contribution is 0.330. The minimum Gasteiger partial charge on any atom is -0.286 e. The van der Waals surface area contributed by atoms with Gasteiger partial charge in [-0.2, -0.15) is 0 Å². The molecule has 1 aliphatic heterocycles. The van der Waals surface area contributed by atoms with Crippen LogP contribution in [0.1, 0.15) is 19.8 Å². The van der Waals surface area contributed by atoms with Crippen LogP contribution in [0, 0.1) is 11.8 Å². The molecule has 12 heavy (non-hydrogen) atoms. The SMILES string of the molecule is CC#CC(C=C=O)N1CCCC1. The summed E-state index contributed by atoms with van der Waals surface area (Å²) in [5, 5.41) is 0. The van der Waals surface area contributed by atoms with E-state index < -0.39 is 0 Å². The van der Waals surface area contributed by atoms with E-state index in [1.807, 2.05) is 5.94 Å². The van der Waals surface area contributed by atoms with Gasteiger partial charge in [0, 0.05) is 6.08 Å². The van der Waals surface area contributed by atoms with E-state index in [2.05, 4.69) is 16.7 Å². The molecule has 0 spiro atoms. The van der Waals surface area contributed by atoms with Gasteiger partial charge < -0.3 is 0 Å². The van der Waals surface area contributed by atoms with Crippen molar-refractivity contribution < 1.29 is 4.79 Å². The maximum absolute atomic E-state index is 10.2. The highest BCUT2D eigenvalue weighted by Crippen LogP contribution is 2.11. The third-order valence-electron chi connectivity index (χ3n) is 2.05. The molecule has 1 fully saturated rings. The van der Waals surface area contributed by atoms with Gasteiger partial charge >= 0.3 is 0 Å². The average molecular weight is 163 g/mol. The van der Waals surface area contributed by atoms with Gasteiger partial charge in [0.05, 0.1) is 0 Å². The van der Waals surface area contributed by atoms with Crippen molar-refractivity contribution in [2.75, 3.05) is 13.1 Å². The standard InChI is InChI=1S/C10H13NO/c1-2-5-10(6-9-12)11-7-3-4-8-11/h6,10H,3-4,7-8H2,1H3. The Morgan fingerprint density at radius 2 is 2.08 bits per heavy atom. The Bertz CT molecular complexity index is 236. The molecular formula is C10H13NO. The maximum atomic E-state index is 10.2. The zero-order valence-corrected chi connectivity index (χ0v) is 7.34. The lowest BCUT2D eigenvalue weighted by atomic mass is 10.2. The zero-order valence-electron chi connectivity index (χ0n) is 7.34. The first-order valence-electron chi connectivity index (χ1n) is 4.26. The molecule has 0 bridgehead atoms. The van der Waals surface area contributed by atoms with Gasteiger partial charge in [0.25, 0.3) is 0 Å². The summed E-state index contributed by atoms with van der Waals surface area (Å²) in [7, 11) is 0. The van der Waals surface area contributed by atoms with Crippen molar-refractivity contribution in [3.63, 3.8) is 0 Å². The first kappa shape index (κ1) is 9.06. The minimum atomic E-state index is -0.00463.